The Morgan fingerprint density at radius 3 is 2.88 bits per heavy atom. The van der Waals surface area contributed by atoms with Crippen LogP contribution in [0.5, 0.6) is 11.5 Å². The summed E-state index contributed by atoms with van der Waals surface area (Å²) < 4.78 is 13.1. The van der Waals surface area contributed by atoms with E-state index in [1.165, 1.54) is 41.4 Å². The highest BCUT2D eigenvalue weighted by atomic mass is 32.1. The first-order valence-electron chi connectivity index (χ1n) is 8.38. The topological polar surface area (TPSA) is 65.7 Å². The summed E-state index contributed by atoms with van der Waals surface area (Å²) in [6, 6.07) is 5.67. The van der Waals surface area contributed by atoms with Gasteiger partial charge in [-0.15, -0.1) is 0 Å². The number of rotatable bonds is 8. The van der Waals surface area contributed by atoms with Crippen LogP contribution in [0.15, 0.2) is 29.3 Å². The molecule has 3 aromatic rings. The Balaban J connectivity index is 1.79. The number of ether oxygens (including phenoxy) is 2. The molecule has 0 aliphatic heterocycles. The van der Waals surface area contributed by atoms with Gasteiger partial charge in [-0.1, -0.05) is 43.6 Å². The Bertz CT molecular complexity index is 948. The maximum absolute atomic E-state index is 12.2. The predicted octanol–water partition coefficient (Wildman–Crippen LogP) is 2.67. The number of unbranched alkanes of at least 4 members (excludes halogenated alkanes) is 3. The van der Waals surface area contributed by atoms with Crippen molar-refractivity contribution in [2.75, 3.05) is 13.7 Å². The van der Waals surface area contributed by atoms with E-state index in [0.717, 1.165) is 17.7 Å². The van der Waals surface area contributed by atoms with Crippen LogP contribution < -0.4 is 19.6 Å². The number of hydrogen-bond acceptors (Lipinski definition) is 6. The minimum absolute atomic E-state index is 0.160. The number of hydrogen-bond donors (Lipinski definition) is 0. The van der Waals surface area contributed by atoms with Gasteiger partial charge in [-0.25, -0.2) is 4.98 Å². The van der Waals surface area contributed by atoms with E-state index in [0.29, 0.717) is 21.8 Å². The van der Waals surface area contributed by atoms with Crippen molar-refractivity contribution in [1.82, 2.24) is 14.6 Å². The van der Waals surface area contributed by atoms with E-state index in [2.05, 4.69) is 17.0 Å². The van der Waals surface area contributed by atoms with Crippen molar-refractivity contribution in [2.24, 2.45) is 0 Å². The molecule has 0 aliphatic carbocycles. The van der Waals surface area contributed by atoms with Crippen LogP contribution >= 0.6 is 11.3 Å². The van der Waals surface area contributed by atoms with Crippen molar-refractivity contribution in [1.29, 1.82) is 0 Å². The van der Waals surface area contributed by atoms with Crippen molar-refractivity contribution in [3.8, 4) is 11.5 Å². The first-order valence-corrected chi connectivity index (χ1v) is 9.19. The highest BCUT2D eigenvalue weighted by Gasteiger charge is 2.08. The van der Waals surface area contributed by atoms with Crippen LogP contribution in [0, 0.1) is 0 Å². The molecule has 3 rings (SSSR count). The molecule has 0 saturated heterocycles. The van der Waals surface area contributed by atoms with Crippen molar-refractivity contribution >= 4 is 22.4 Å². The summed E-state index contributed by atoms with van der Waals surface area (Å²) in [6.07, 6.45) is 7.84. The minimum atomic E-state index is -0.160. The summed E-state index contributed by atoms with van der Waals surface area (Å²) in [4.78, 5) is 16.9. The molecule has 2 heterocycles. The summed E-state index contributed by atoms with van der Waals surface area (Å²) in [5.74, 6) is 1.39. The smallest absolute Gasteiger partial charge is 0.291 e. The average Bonchev–Trinajstić information content (AvgIpc) is 3.19. The Morgan fingerprint density at radius 2 is 2.12 bits per heavy atom. The molecule has 0 radical (unpaired) electrons. The third-order valence-electron chi connectivity index (χ3n) is 3.86. The van der Waals surface area contributed by atoms with E-state index >= 15 is 0 Å². The number of fused-ring (bicyclic) bond motifs is 1. The lowest BCUT2D eigenvalue weighted by atomic mass is 10.2. The molecule has 0 spiro atoms. The number of aromatic nitrogens is 3. The highest BCUT2D eigenvalue weighted by molar-refractivity contribution is 7.15. The zero-order valence-corrected chi connectivity index (χ0v) is 15.2. The molecule has 0 amide bonds. The summed E-state index contributed by atoms with van der Waals surface area (Å²) in [5.41, 5.74) is 0.713. The second-order valence-electron chi connectivity index (χ2n) is 5.69. The van der Waals surface area contributed by atoms with Crippen LogP contribution in [0.25, 0.3) is 11.0 Å². The van der Waals surface area contributed by atoms with Crippen LogP contribution in [0.1, 0.15) is 38.2 Å². The van der Waals surface area contributed by atoms with Gasteiger partial charge in [-0.3, -0.25) is 4.79 Å². The number of benzene rings is 1. The second-order valence-corrected chi connectivity index (χ2v) is 6.70. The minimum Gasteiger partial charge on any atom is -0.493 e. The molecule has 0 N–H and O–H groups in total. The molecule has 0 unspecified atom stereocenters. The molecule has 0 fully saturated rings. The van der Waals surface area contributed by atoms with Gasteiger partial charge in [0, 0.05) is 0 Å². The molecule has 0 aliphatic rings. The van der Waals surface area contributed by atoms with E-state index < -0.39 is 0 Å². The predicted molar refractivity (Wildman–Crippen MR) is 98.6 cm³/mol. The standard InChI is InChI=1S/C18H21N3O3S/c1-3-4-5-6-9-24-14-8-7-13(10-15(14)23-2)11-16-17(22)21-18(25-16)19-12-20-21/h7-8,10-12H,3-6,9H2,1-2H3. The van der Waals surface area contributed by atoms with Gasteiger partial charge < -0.3 is 9.47 Å². The fourth-order valence-electron chi connectivity index (χ4n) is 2.53. The number of thiazole rings is 1. The van der Waals surface area contributed by atoms with Gasteiger partial charge >= 0.3 is 0 Å². The summed E-state index contributed by atoms with van der Waals surface area (Å²) in [7, 11) is 1.62. The molecular formula is C18H21N3O3S. The van der Waals surface area contributed by atoms with Crippen LogP contribution in [-0.2, 0) is 0 Å². The normalized spacial score (nSPS) is 12.0. The fourth-order valence-corrected chi connectivity index (χ4v) is 3.41. The first-order chi connectivity index (χ1) is 12.2. The Kier molecular flexibility index (Phi) is 5.65. The second kappa shape index (κ2) is 8.11. The molecule has 2 aromatic heterocycles. The maximum atomic E-state index is 12.2. The van der Waals surface area contributed by atoms with Gasteiger partial charge in [0.25, 0.3) is 5.56 Å². The van der Waals surface area contributed by atoms with Gasteiger partial charge in [-0.05, 0) is 30.2 Å². The number of methoxy groups -OCH3 is 1. The van der Waals surface area contributed by atoms with Gasteiger partial charge in [0.1, 0.15) is 6.33 Å². The van der Waals surface area contributed by atoms with Gasteiger partial charge in [0.05, 0.1) is 18.2 Å². The van der Waals surface area contributed by atoms with Crippen molar-refractivity contribution in [3.05, 3.63) is 45.0 Å². The van der Waals surface area contributed by atoms with E-state index in [9.17, 15) is 4.79 Å². The molecule has 1 aromatic carbocycles. The molecular weight excluding hydrogens is 338 g/mol. The van der Waals surface area contributed by atoms with Crippen molar-refractivity contribution in [3.63, 3.8) is 0 Å². The third kappa shape index (κ3) is 3.99. The Labute approximate surface area is 149 Å². The molecule has 6 nitrogen and oxygen atoms in total. The molecule has 25 heavy (non-hydrogen) atoms. The van der Waals surface area contributed by atoms with Gasteiger partial charge in [0.15, 0.2) is 11.5 Å². The molecule has 0 atom stereocenters. The van der Waals surface area contributed by atoms with Crippen LogP contribution in [-0.4, -0.2) is 28.3 Å². The molecule has 0 bridgehead atoms. The zero-order valence-electron chi connectivity index (χ0n) is 14.4. The fraction of sp³-hybridized carbons (Fsp3) is 0.389. The summed E-state index contributed by atoms with van der Waals surface area (Å²) >= 11 is 1.31. The Morgan fingerprint density at radius 1 is 1.24 bits per heavy atom. The van der Waals surface area contributed by atoms with Crippen LogP contribution in [0.4, 0.5) is 0 Å². The van der Waals surface area contributed by atoms with Crippen LogP contribution in [0.2, 0.25) is 0 Å². The average molecular weight is 359 g/mol. The molecule has 132 valence electrons. The van der Waals surface area contributed by atoms with Crippen LogP contribution in [0.3, 0.4) is 0 Å². The van der Waals surface area contributed by atoms with Gasteiger partial charge in [-0.2, -0.15) is 9.61 Å². The first kappa shape index (κ1) is 17.4. The van der Waals surface area contributed by atoms with Gasteiger partial charge in [0.2, 0.25) is 4.96 Å². The monoisotopic (exact) mass is 359 g/mol. The summed E-state index contributed by atoms with van der Waals surface area (Å²) in [5, 5.41) is 3.92. The largest absolute Gasteiger partial charge is 0.493 e. The molecule has 7 heteroatoms. The van der Waals surface area contributed by atoms with E-state index in [1.54, 1.807) is 7.11 Å². The van der Waals surface area contributed by atoms with E-state index in [1.807, 2.05) is 24.3 Å². The molecule has 0 saturated carbocycles. The zero-order chi connectivity index (χ0) is 17.6. The SMILES string of the molecule is CCCCCCOc1ccc(C=c2sc3ncnn3c2=O)cc1OC. The van der Waals surface area contributed by atoms with E-state index in [4.69, 9.17) is 9.47 Å². The van der Waals surface area contributed by atoms with E-state index in [-0.39, 0.29) is 5.56 Å². The third-order valence-corrected chi connectivity index (χ3v) is 4.84. The lowest BCUT2D eigenvalue weighted by molar-refractivity contribution is 0.285. The quantitative estimate of drug-likeness (QED) is 0.579. The lowest BCUT2D eigenvalue weighted by Crippen LogP contribution is -2.23. The lowest BCUT2D eigenvalue weighted by Gasteiger charge is -2.11. The Hall–Kier alpha value is -2.41. The maximum Gasteiger partial charge on any atom is 0.291 e. The van der Waals surface area contributed by atoms with Crippen molar-refractivity contribution < 1.29 is 9.47 Å². The summed E-state index contributed by atoms with van der Waals surface area (Å²) in [6.45, 7) is 2.87. The highest BCUT2D eigenvalue weighted by Crippen LogP contribution is 2.28. The van der Waals surface area contributed by atoms with Crippen molar-refractivity contribution in [2.45, 2.75) is 32.6 Å². The number of nitrogens with zero attached hydrogens (tertiary/aromatic N) is 3.